The molecule has 46 heavy (non-hydrogen) atoms. The van der Waals surface area contributed by atoms with E-state index in [1.54, 1.807) is 0 Å². The lowest BCUT2D eigenvalue weighted by molar-refractivity contribution is -0.120. The molecule has 7 heteroatoms. The molecular formula is C39H41BrO6. The summed E-state index contributed by atoms with van der Waals surface area (Å²) in [6, 6.07) is 21.6. The molecule has 3 aliphatic rings. The van der Waals surface area contributed by atoms with E-state index in [0.717, 1.165) is 21.2 Å². The third kappa shape index (κ3) is 6.80. The molecule has 240 valence electrons. The van der Waals surface area contributed by atoms with Crippen LogP contribution in [0.2, 0.25) is 0 Å². The zero-order valence-corrected chi connectivity index (χ0v) is 28.8. The van der Waals surface area contributed by atoms with Crippen molar-refractivity contribution in [3.05, 3.63) is 111 Å². The summed E-state index contributed by atoms with van der Waals surface area (Å²) < 4.78 is 25.9. The second kappa shape index (κ2) is 12.7. The molecule has 6 nitrogen and oxygen atoms in total. The van der Waals surface area contributed by atoms with Crippen LogP contribution >= 0.6 is 15.9 Å². The largest absolute Gasteiger partial charge is 0.490 e. The smallest absolute Gasteiger partial charge is 0.163 e. The monoisotopic (exact) mass is 684 g/mol. The highest BCUT2D eigenvalue weighted by molar-refractivity contribution is 9.10. The van der Waals surface area contributed by atoms with Crippen molar-refractivity contribution in [2.75, 3.05) is 6.61 Å². The Morgan fingerprint density at radius 3 is 1.91 bits per heavy atom. The molecule has 0 unspecified atom stereocenters. The molecular weight excluding hydrogens is 644 g/mol. The molecule has 0 aromatic heterocycles. The van der Waals surface area contributed by atoms with E-state index in [0.29, 0.717) is 78.8 Å². The summed E-state index contributed by atoms with van der Waals surface area (Å²) in [6.07, 6.45) is 2.08. The number of benzene rings is 3. The van der Waals surface area contributed by atoms with Crippen molar-refractivity contribution >= 4 is 27.5 Å². The van der Waals surface area contributed by atoms with Gasteiger partial charge in [0.15, 0.2) is 23.1 Å². The third-order valence-corrected chi connectivity index (χ3v) is 9.30. The molecule has 0 saturated heterocycles. The fourth-order valence-corrected chi connectivity index (χ4v) is 7.17. The zero-order valence-electron chi connectivity index (χ0n) is 27.2. The SMILES string of the molecule is CCOc1cc(COc2ccc(Br)cc2C2C3=C(CC(C)(C)CC3=O)OC3=C2C(=O)CC(C)(C)C3)ccc1OCc1ccccc1. The summed E-state index contributed by atoms with van der Waals surface area (Å²) >= 11 is 3.65. The fourth-order valence-electron chi connectivity index (χ4n) is 6.79. The average molecular weight is 686 g/mol. The third-order valence-electron chi connectivity index (χ3n) is 8.80. The van der Waals surface area contributed by atoms with E-state index in [9.17, 15) is 9.59 Å². The first-order valence-electron chi connectivity index (χ1n) is 16.0. The van der Waals surface area contributed by atoms with Crippen molar-refractivity contribution in [3.63, 3.8) is 0 Å². The van der Waals surface area contributed by atoms with E-state index >= 15 is 0 Å². The van der Waals surface area contributed by atoms with Gasteiger partial charge in [-0.25, -0.2) is 0 Å². The lowest BCUT2D eigenvalue weighted by Crippen LogP contribution is -2.37. The summed E-state index contributed by atoms with van der Waals surface area (Å²) in [4.78, 5) is 27.7. The highest BCUT2D eigenvalue weighted by Crippen LogP contribution is 2.54. The van der Waals surface area contributed by atoms with E-state index < -0.39 is 5.92 Å². The van der Waals surface area contributed by atoms with E-state index in [-0.39, 0.29) is 29.0 Å². The number of halogens is 1. The normalized spacial score (nSPS) is 18.9. The van der Waals surface area contributed by atoms with Gasteiger partial charge in [-0.2, -0.15) is 0 Å². The van der Waals surface area contributed by atoms with Crippen LogP contribution in [-0.2, 0) is 27.5 Å². The number of hydrogen-bond donors (Lipinski definition) is 0. The number of carbonyl (C=O) groups is 2. The predicted octanol–water partition coefficient (Wildman–Crippen LogP) is 9.41. The first-order valence-corrected chi connectivity index (χ1v) is 16.8. The Morgan fingerprint density at radius 2 is 1.28 bits per heavy atom. The van der Waals surface area contributed by atoms with Gasteiger partial charge in [0.25, 0.3) is 0 Å². The molecule has 1 aliphatic heterocycles. The predicted molar refractivity (Wildman–Crippen MR) is 181 cm³/mol. The number of ether oxygens (including phenoxy) is 4. The van der Waals surface area contributed by atoms with Crippen LogP contribution in [0.25, 0.3) is 0 Å². The van der Waals surface area contributed by atoms with Gasteiger partial charge >= 0.3 is 0 Å². The van der Waals surface area contributed by atoms with Gasteiger partial charge < -0.3 is 18.9 Å². The van der Waals surface area contributed by atoms with E-state index in [2.05, 4.69) is 43.6 Å². The highest BCUT2D eigenvalue weighted by Gasteiger charge is 2.48. The van der Waals surface area contributed by atoms with Gasteiger partial charge in [0.2, 0.25) is 0 Å². The lowest BCUT2D eigenvalue weighted by atomic mass is 9.65. The van der Waals surface area contributed by atoms with Crippen LogP contribution in [0.3, 0.4) is 0 Å². The van der Waals surface area contributed by atoms with Gasteiger partial charge in [0, 0.05) is 46.9 Å². The Labute approximate surface area is 279 Å². The van der Waals surface area contributed by atoms with E-state index in [1.807, 2.05) is 73.7 Å². The van der Waals surface area contributed by atoms with Gasteiger partial charge in [-0.1, -0.05) is 80.0 Å². The molecule has 3 aromatic rings. The van der Waals surface area contributed by atoms with Crippen LogP contribution in [0.1, 0.15) is 82.9 Å². The topological polar surface area (TPSA) is 71.1 Å². The average Bonchev–Trinajstić information content (AvgIpc) is 2.98. The van der Waals surface area contributed by atoms with E-state index in [1.165, 1.54) is 0 Å². The number of Topliss-reactive ketones (excluding diaryl/α,β-unsaturated/α-hetero) is 2. The maximum Gasteiger partial charge on any atom is 0.163 e. The molecule has 0 N–H and O–H groups in total. The Morgan fingerprint density at radius 1 is 0.696 bits per heavy atom. The summed E-state index contributed by atoms with van der Waals surface area (Å²) in [5, 5.41) is 0. The van der Waals surface area contributed by atoms with Crippen molar-refractivity contribution in [3.8, 4) is 17.2 Å². The molecule has 0 spiro atoms. The molecule has 0 fully saturated rings. The summed E-state index contributed by atoms with van der Waals surface area (Å²) in [6.45, 7) is 11.5. The van der Waals surface area contributed by atoms with Crippen molar-refractivity contribution in [2.24, 2.45) is 10.8 Å². The van der Waals surface area contributed by atoms with Crippen LogP contribution in [0, 0.1) is 10.8 Å². The number of rotatable bonds is 9. The number of allylic oxidation sites excluding steroid dienone is 4. The minimum atomic E-state index is -0.550. The second-order valence-electron chi connectivity index (χ2n) is 14.0. The Hall–Kier alpha value is -3.84. The Balaban J connectivity index is 1.33. The Kier molecular flexibility index (Phi) is 8.90. The fraction of sp³-hybridized carbons (Fsp3) is 0.385. The standard InChI is InChI=1S/C39H41BrO6/c1-6-43-32-16-25(12-14-31(32)45-22-24-10-8-7-9-11-24)23-44-30-15-13-26(40)17-27(30)35-36-28(41)18-38(2,3)20-33(36)46-34-21-39(4,5)19-29(42)37(34)35/h7-17,35H,6,18-23H2,1-5H3. The minimum absolute atomic E-state index is 0.0267. The molecule has 0 saturated carbocycles. The summed E-state index contributed by atoms with van der Waals surface area (Å²) in [7, 11) is 0. The van der Waals surface area contributed by atoms with Gasteiger partial charge in [-0.15, -0.1) is 0 Å². The van der Waals surface area contributed by atoms with Crippen LogP contribution in [0.5, 0.6) is 17.2 Å². The molecule has 2 aliphatic carbocycles. The molecule has 0 bridgehead atoms. The van der Waals surface area contributed by atoms with Crippen molar-refractivity contribution in [2.45, 2.75) is 79.4 Å². The van der Waals surface area contributed by atoms with Gasteiger partial charge in [0.05, 0.1) is 12.5 Å². The van der Waals surface area contributed by atoms with Crippen LogP contribution < -0.4 is 14.2 Å². The molecule has 1 heterocycles. The van der Waals surface area contributed by atoms with Crippen LogP contribution in [-0.4, -0.2) is 18.2 Å². The van der Waals surface area contributed by atoms with Crippen molar-refractivity contribution in [1.29, 1.82) is 0 Å². The Bertz CT molecular complexity index is 1680. The molecule has 6 rings (SSSR count). The molecule has 0 radical (unpaired) electrons. The highest BCUT2D eigenvalue weighted by atomic mass is 79.9. The first-order chi connectivity index (χ1) is 21.9. The van der Waals surface area contributed by atoms with Crippen LogP contribution in [0.4, 0.5) is 0 Å². The quantitative estimate of drug-likeness (QED) is 0.224. The van der Waals surface area contributed by atoms with Gasteiger partial charge in [-0.05, 0) is 59.2 Å². The van der Waals surface area contributed by atoms with Crippen molar-refractivity contribution < 1.29 is 28.5 Å². The maximum atomic E-state index is 13.8. The summed E-state index contributed by atoms with van der Waals surface area (Å²) in [5.74, 6) is 2.81. The molecule has 0 amide bonds. The second-order valence-corrected chi connectivity index (χ2v) is 15.0. The van der Waals surface area contributed by atoms with Gasteiger partial charge in [0.1, 0.15) is 30.5 Å². The lowest BCUT2D eigenvalue weighted by Gasteiger charge is -2.43. The molecule has 0 atom stereocenters. The van der Waals surface area contributed by atoms with E-state index in [4.69, 9.17) is 18.9 Å². The van der Waals surface area contributed by atoms with Gasteiger partial charge in [-0.3, -0.25) is 9.59 Å². The number of ketones is 2. The zero-order chi connectivity index (χ0) is 32.6. The first kappa shape index (κ1) is 32.1. The minimum Gasteiger partial charge on any atom is -0.490 e. The number of hydrogen-bond acceptors (Lipinski definition) is 6. The number of carbonyl (C=O) groups excluding carboxylic acids is 2. The maximum absolute atomic E-state index is 13.8. The van der Waals surface area contributed by atoms with Crippen molar-refractivity contribution in [1.82, 2.24) is 0 Å². The molecule has 3 aromatic carbocycles. The summed E-state index contributed by atoms with van der Waals surface area (Å²) in [5.41, 5.74) is 3.50. The van der Waals surface area contributed by atoms with Crippen LogP contribution in [0.15, 0.2) is 93.9 Å².